The Kier molecular flexibility index (Phi) is 13.8. The zero-order valence-corrected chi connectivity index (χ0v) is 44.3. The topological polar surface area (TPSA) is 178 Å². The van der Waals surface area contributed by atoms with Crippen LogP contribution < -0.4 is 24.4 Å². The zero-order valence-electron chi connectivity index (χ0n) is 44.3. The molecule has 1 aromatic heterocycles. The van der Waals surface area contributed by atoms with Gasteiger partial charge in [-0.1, -0.05) is 132 Å². The van der Waals surface area contributed by atoms with Gasteiger partial charge in [0.2, 0.25) is 11.8 Å². The lowest BCUT2D eigenvalue weighted by atomic mass is 9.64. The Labute approximate surface area is 462 Å². The number of methoxy groups -OCH3 is 2. The van der Waals surface area contributed by atoms with E-state index in [9.17, 15) is 5.11 Å². The van der Waals surface area contributed by atoms with Crippen molar-refractivity contribution in [2.45, 2.75) is 62.1 Å². The predicted octanol–water partition coefficient (Wildman–Crippen LogP) is 8.59. The van der Waals surface area contributed by atoms with Crippen LogP contribution in [0.1, 0.15) is 75.7 Å². The first-order valence-electron chi connectivity index (χ1n) is 26.7. The number of ether oxygens (including phenoxy) is 4. The third-order valence-corrected chi connectivity index (χ3v) is 16.0. The summed E-state index contributed by atoms with van der Waals surface area (Å²) in [6, 6.07) is 47.7. The van der Waals surface area contributed by atoms with E-state index in [1.54, 1.807) is 54.1 Å². The Balaban J connectivity index is 1.11. The molecule has 4 aliphatic rings. The normalized spacial score (nSPS) is 21.4. The van der Waals surface area contributed by atoms with Crippen molar-refractivity contribution in [1.29, 1.82) is 0 Å². The molecule has 2 saturated heterocycles. The minimum absolute atomic E-state index is 0.0318. The minimum atomic E-state index is -2.05. The molecule has 16 nitrogen and oxygen atoms in total. The Hall–Kier alpha value is -9.30. The van der Waals surface area contributed by atoms with Crippen LogP contribution in [0.15, 0.2) is 170 Å². The highest BCUT2D eigenvalue weighted by Gasteiger charge is 2.76. The molecule has 16 heteroatoms. The molecule has 0 bridgehead atoms. The van der Waals surface area contributed by atoms with Gasteiger partial charge in [-0.05, 0) is 107 Å². The second kappa shape index (κ2) is 21.5. The fraction of sp³-hybridized carbons (Fsp3) is 0.250. The monoisotopic (exact) mass is 1070 g/mol. The van der Waals surface area contributed by atoms with E-state index in [1.165, 1.54) is 0 Å². The highest BCUT2D eigenvalue weighted by Crippen LogP contribution is 2.66. The summed E-state index contributed by atoms with van der Waals surface area (Å²) in [5.74, 6) is 4.66. The zero-order chi connectivity index (χ0) is 55.1. The van der Waals surface area contributed by atoms with Crippen LogP contribution in [-0.4, -0.2) is 93.7 Å². The molecule has 2 fully saturated rings. The van der Waals surface area contributed by atoms with Gasteiger partial charge in [0.1, 0.15) is 42.0 Å². The Morgan fingerprint density at radius 2 is 1.46 bits per heavy atom. The van der Waals surface area contributed by atoms with Crippen molar-refractivity contribution in [3.63, 3.8) is 0 Å². The molecule has 402 valence electrons. The first-order valence-corrected chi connectivity index (χ1v) is 26.7. The maximum absolute atomic E-state index is 17.1. The molecule has 5 heterocycles. The second-order valence-electron chi connectivity index (χ2n) is 20.4. The number of aromatic nitrogens is 3. The number of esters is 1. The SMILES string of the molecule is COc1cc2c(cc1OC)CN(C(=O)[C@@H]1[C@H]3C(=O)O[C@H](c4ccccc4)[C@H](c4ccccc4)N3[C@H](c3ccc(OCCO)cc3)[C@@]13C(=O)N(C(=O)N[C@H](C)c1ccccc1)c1ccc(C#CCn4nnc5ccccc54)cc13)CC2. The van der Waals surface area contributed by atoms with Crippen LogP contribution >= 0.6 is 0 Å². The maximum Gasteiger partial charge on any atom is 0.329 e. The molecule has 0 radical (unpaired) electrons. The number of benzene rings is 7. The van der Waals surface area contributed by atoms with Crippen molar-refractivity contribution >= 4 is 40.5 Å². The summed E-state index contributed by atoms with van der Waals surface area (Å²) in [6.07, 6.45) is -0.502. The van der Waals surface area contributed by atoms with Crippen molar-refractivity contribution < 1.29 is 43.2 Å². The summed E-state index contributed by atoms with van der Waals surface area (Å²) in [7, 11) is 3.13. The van der Waals surface area contributed by atoms with Crippen LogP contribution in [0.5, 0.6) is 17.2 Å². The first kappa shape index (κ1) is 51.5. The van der Waals surface area contributed by atoms with Gasteiger partial charge < -0.3 is 34.3 Å². The molecule has 4 aliphatic heterocycles. The molecule has 8 aromatic rings. The minimum Gasteiger partial charge on any atom is -0.493 e. The van der Waals surface area contributed by atoms with Gasteiger partial charge in [0.25, 0.3) is 0 Å². The van der Waals surface area contributed by atoms with Crippen molar-refractivity contribution in [2.24, 2.45) is 5.92 Å². The summed E-state index contributed by atoms with van der Waals surface area (Å²) >= 11 is 0. The van der Waals surface area contributed by atoms with Gasteiger partial charge in [-0.2, -0.15) is 0 Å². The molecule has 2 N–H and O–H groups in total. The number of carbonyl (C=O) groups excluding carboxylic acids is 4. The fourth-order valence-corrected chi connectivity index (χ4v) is 12.5. The third kappa shape index (κ3) is 8.84. The number of aliphatic hydroxyl groups excluding tert-OH is 1. The van der Waals surface area contributed by atoms with Gasteiger partial charge in [-0.25, -0.2) is 14.4 Å². The third-order valence-electron chi connectivity index (χ3n) is 16.0. The van der Waals surface area contributed by atoms with E-state index in [2.05, 4.69) is 27.5 Å². The van der Waals surface area contributed by atoms with E-state index in [0.29, 0.717) is 45.9 Å². The number of amides is 4. The number of carbonyl (C=O) groups is 4. The second-order valence-corrected chi connectivity index (χ2v) is 20.4. The highest BCUT2D eigenvalue weighted by atomic mass is 16.6. The summed E-state index contributed by atoms with van der Waals surface area (Å²) in [5, 5.41) is 21.5. The number of imide groups is 1. The molecule has 4 amide bonds. The van der Waals surface area contributed by atoms with Crippen molar-refractivity contribution in [2.75, 3.05) is 38.9 Å². The molecular weight excluding hydrogens is 1010 g/mol. The van der Waals surface area contributed by atoms with Crippen molar-refractivity contribution in [1.82, 2.24) is 30.1 Å². The number of anilines is 1. The van der Waals surface area contributed by atoms with Crippen LogP contribution in [0.4, 0.5) is 10.5 Å². The van der Waals surface area contributed by atoms with Gasteiger partial charge >= 0.3 is 12.0 Å². The van der Waals surface area contributed by atoms with E-state index in [4.69, 9.17) is 18.9 Å². The first-order chi connectivity index (χ1) is 39.1. The number of hydrogen-bond donors (Lipinski definition) is 2. The number of nitrogens with one attached hydrogen (secondary N) is 1. The molecule has 0 saturated carbocycles. The lowest BCUT2D eigenvalue weighted by molar-refractivity contribution is -0.179. The number of morpholine rings is 1. The lowest BCUT2D eigenvalue weighted by Gasteiger charge is -2.46. The van der Waals surface area contributed by atoms with Gasteiger partial charge in [-0.3, -0.25) is 19.3 Å². The van der Waals surface area contributed by atoms with E-state index >= 15 is 19.2 Å². The van der Waals surface area contributed by atoms with Crippen LogP contribution in [0.2, 0.25) is 0 Å². The smallest absolute Gasteiger partial charge is 0.329 e. The van der Waals surface area contributed by atoms with Crippen LogP contribution in [0, 0.1) is 17.8 Å². The molecule has 1 spiro atoms. The number of nitrogens with zero attached hydrogens (tertiary/aromatic N) is 6. The number of hydrogen-bond acceptors (Lipinski definition) is 12. The van der Waals surface area contributed by atoms with Crippen molar-refractivity contribution in [3.05, 3.63) is 214 Å². The Morgan fingerprint density at radius 3 is 2.17 bits per heavy atom. The number of fused-ring (bicyclic) bond motifs is 5. The fourth-order valence-electron chi connectivity index (χ4n) is 12.5. The quantitative estimate of drug-likeness (QED) is 0.0881. The molecule has 0 aliphatic carbocycles. The van der Waals surface area contributed by atoms with E-state index in [0.717, 1.165) is 38.2 Å². The number of urea groups is 1. The summed E-state index contributed by atoms with van der Waals surface area (Å²) in [6.45, 7) is 2.18. The molecular formula is C64H57N7O9. The number of aliphatic hydroxyl groups is 1. The standard InChI is InChI=1S/C64H57N7O9/c1-40(42-17-7-4-8-18-42)65-63(76)70-51-30-25-41(16-15-32-69-52-24-14-13-23-50(52)66-67-69)36-49(51)64(62(70)75)55(60(73)68-33-31-46-37-53(77-2)54(78-3)38-47(46)39-68)57-61(74)80-58(44-21-11-6-12-22-44)56(43-19-9-5-10-20-43)71(57)59(64)45-26-28-48(29-27-45)79-35-34-72/h4-14,17-30,36-38,40,55-59,72H,31-35,39H2,1-3H3,(H,65,76)/t40-,55+,56+,57+,58-,59-,64+/m1/s1. The average molecular weight is 1070 g/mol. The van der Waals surface area contributed by atoms with Crippen LogP contribution in [-0.2, 0) is 44.0 Å². The predicted molar refractivity (Wildman–Crippen MR) is 297 cm³/mol. The van der Waals surface area contributed by atoms with Gasteiger partial charge in [0.05, 0.1) is 56.1 Å². The summed E-state index contributed by atoms with van der Waals surface area (Å²) in [5.41, 5.74) is 5.13. The molecule has 0 unspecified atom stereocenters. The summed E-state index contributed by atoms with van der Waals surface area (Å²) in [4.78, 5) is 70.1. The van der Waals surface area contributed by atoms with E-state index in [-0.39, 0.29) is 38.5 Å². The highest BCUT2D eigenvalue weighted by molar-refractivity contribution is 6.24. The van der Waals surface area contributed by atoms with Gasteiger partial charge in [-0.15, -0.1) is 5.10 Å². The largest absolute Gasteiger partial charge is 0.493 e. The van der Waals surface area contributed by atoms with E-state index in [1.807, 2.05) is 151 Å². The molecule has 80 heavy (non-hydrogen) atoms. The molecule has 12 rings (SSSR count). The number of cyclic esters (lactones) is 1. The Bertz CT molecular complexity index is 3720. The maximum atomic E-state index is 17.1. The van der Waals surface area contributed by atoms with Gasteiger partial charge in [0, 0.05) is 18.7 Å². The molecule has 7 atom stereocenters. The summed E-state index contributed by atoms with van der Waals surface area (Å²) < 4.78 is 25.8. The number of para-hydroxylation sites is 1. The van der Waals surface area contributed by atoms with Crippen LogP contribution in [0.3, 0.4) is 0 Å². The van der Waals surface area contributed by atoms with Crippen molar-refractivity contribution in [3.8, 4) is 29.1 Å². The average Bonchev–Trinajstić information content (AvgIpc) is 4.35. The van der Waals surface area contributed by atoms with Crippen LogP contribution in [0.25, 0.3) is 11.0 Å². The Morgan fingerprint density at radius 1 is 0.787 bits per heavy atom. The number of rotatable bonds is 12. The molecule has 7 aromatic carbocycles. The lowest BCUT2D eigenvalue weighted by Crippen LogP contribution is -2.57. The van der Waals surface area contributed by atoms with Gasteiger partial charge in [0.15, 0.2) is 11.5 Å². The van der Waals surface area contributed by atoms with E-state index < -0.39 is 65.4 Å².